The summed E-state index contributed by atoms with van der Waals surface area (Å²) in [5.74, 6) is 2.93. The molecule has 20 heteroatoms. The van der Waals surface area contributed by atoms with Crippen LogP contribution >= 0.6 is 11.6 Å². The van der Waals surface area contributed by atoms with E-state index in [1.165, 1.54) is 19.0 Å². The summed E-state index contributed by atoms with van der Waals surface area (Å²) in [6.07, 6.45) is 5.48. The Balaban J connectivity index is 0.000000146. The third-order valence-corrected chi connectivity index (χ3v) is 12.5. The van der Waals surface area contributed by atoms with E-state index in [4.69, 9.17) is 62.2 Å². The second kappa shape index (κ2) is 14.3. The average Bonchev–Trinajstić information content (AvgIpc) is 4.04. The molecule has 0 atom stereocenters. The molecule has 6 aliphatic rings. The van der Waals surface area contributed by atoms with Crippen LogP contribution in [-0.4, -0.2) is 100 Å². The van der Waals surface area contributed by atoms with Gasteiger partial charge in [0.15, 0.2) is 57.2 Å². The third-order valence-electron chi connectivity index (χ3n) is 12.2. The number of fused-ring (bicyclic) bond motifs is 7. The van der Waals surface area contributed by atoms with Crippen LogP contribution in [0.1, 0.15) is 65.5 Å². The smallest absolute Gasteiger partial charge is 0.266 e. The minimum absolute atomic E-state index is 0.182. The number of nitrogens with zero attached hydrogens (tertiary/aromatic N) is 12. The molecule has 11 heterocycles. The Morgan fingerprint density at radius 1 is 0.787 bits per heavy atom. The number of nitrogen functional groups attached to an aromatic ring is 2. The normalized spacial score (nSPS) is 21.8. The maximum absolute atomic E-state index is 14.0. The van der Waals surface area contributed by atoms with Crippen molar-refractivity contribution in [3.63, 3.8) is 0 Å². The number of halogens is 3. The largest absolute Gasteiger partial charge is 0.490 e. The molecule has 6 aromatic heterocycles. The van der Waals surface area contributed by atoms with Crippen molar-refractivity contribution in [1.82, 2.24) is 49.0 Å². The van der Waals surface area contributed by atoms with E-state index in [1.807, 2.05) is 31.4 Å². The Hall–Kier alpha value is -5.53. The standard InChI is InChI=1S/C22H27N7O2.C19H20ClF2N7O/c1-4-30-15-9-13(10-24-17(15)23)18-26-19-16(20(27-18)29-11-12-7-14(29)8-12)25-21-22(2,3)31-6-5-28(19)21;1-18(2)17-25-12-15(28-4-3-19(21,22)9-28)26-14(10-7-11(20)13(23)24-8-10)27-16(12)29(17)5-6-30-18/h9-10,12,14H,4-8,11H2,1-3H3,(H2,23,24);7-8H,3-6,9H2,1-2H3,(H2,23,24). The van der Waals surface area contributed by atoms with Crippen molar-refractivity contribution in [2.45, 2.75) is 90.1 Å². The first-order chi connectivity index (χ1) is 29.1. The highest BCUT2D eigenvalue weighted by molar-refractivity contribution is 6.33. The SMILES string of the molecule is CC1(C)OCCn2c1nc1c(N3CCC(F)(F)C3)nc(-c3cnc(N)c(Cl)c3)nc12.CCOc1cc(-c2nc(N3CC4CC3C4)c3nc4n(c3n2)CCOC4(C)C)cnc1N. The predicted octanol–water partition coefficient (Wildman–Crippen LogP) is 5.97. The molecule has 0 aromatic carbocycles. The van der Waals surface area contributed by atoms with E-state index in [1.54, 1.807) is 17.2 Å². The number of hydrogen-bond acceptors (Lipinski definition) is 15. The van der Waals surface area contributed by atoms with Gasteiger partial charge in [0.05, 0.1) is 31.4 Å². The molecule has 320 valence electrons. The van der Waals surface area contributed by atoms with Crippen LogP contribution in [0.25, 0.3) is 45.1 Å². The van der Waals surface area contributed by atoms with Crippen LogP contribution < -0.4 is 26.0 Å². The Morgan fingerprint density at radius 2 is 1.36 bits per heavy atom. The summed E-state index contributed by atoms with van der Waals surface area (Å²) < 4.78 is 49.6. The van der Waals surface area contributed by atoms with Gasteiger partial charge in [0, 0.05) is 62.2 Å². The molecule has 17 nitrogen and oxygen atoms in total. The van der Waals surface area contributed by atoms with E-state index >= 15 is 0 Å². The lowest BCUT2D eigenvalue weighted by atomic mass is 9.86. The number of pyridine rings is 2. The van der Waals surface area contributed by atoms with Crippen LogP contribution in [0.5, 0.6) is 5.75 Å². The van der Waals surface area contributed by atoms with E-state index < -0.39 is 23.7 Å². The van der Waals surface area contributed by atoms with Crippen LogP contribution in [0, 0.1) is 5.92 Å². The zero-order chi connectivity index (χ0) is 42.6. The molecule has 0 amide bonds. The number of imidazole rings is 2. The summed E-state index contributed by atoms with van der Waals surface area (Å²) in [6, 6.07) is 4.04. The quantitative estimate of drug-likeness (QED) is 0.199. The van der Waals surface area contributed by atoms with Crippen LogP contribution in [0.2, 0.25) is 5.02 Å². The number of aromatic nitrogens is 10. The molecule has 2 bridgehead atoms. The van der Waals surface area contributed by atoms with Crippen LogP contribution in [0.15, 0.2) is 24.5 Å². The second-order valence-electron chi connectivity index (χ2n) is 17.3. The van der Waals surface area contributed by atoms with Gasteiger partial charge in [-0.2, -0.15) is 0 Å². The zero-order valence-electron chi connectivity index (χ0n) is 34.6. The van der Waals surface area contributed by atoms with Crippen molar-refractivity contribution in [3.05, 3.63) is 41.2 Å². The zero-order valence-corrected chi connectivity index (χ0v) is 35.4. The number of hydrogen-bond donors (Lipinski definition) is 2. The lowest BCUT2D eigenvalue weighted by Gasteiger charge is -2.30. The lowest BCUT2D eigenvalue weighted by molar-refractivity contribution is -0.0532. The molecule has 0 spiro atoms. The fraction of sp³-hybridized carbons (Fsp3) is 0.512. The number of rotatable bonds is 6. The molecule has 1 aliphatic carbocycles. The van der Waals surface area contributed by atoms with Crippen LogP contribution in [-0.2, 0) is 33.8 Å². The maximum Gasteiger partial charge on any atom is 0.266 e. The summed E-state index contributed by atoms with van der Waals surface area (Å²) in [5.41, 5.74) is 14.7. The van der Waals surface area contributed by atoms with Gasteiger partial charge in [0.1, 0.15) is 28.7 Å². The van der Waals surface area contributed by atoms with Crippen LogP contribution in [0.3, 0.4) is 0 Å². The molecular weight excluding hydrogens is 810 g/mol. The summed E-state index contributed by atoms with van der Waals surface area (Å²) in [7, 11) is 0. The molecule has 0 radical (unpaired) electrons. The molecule has 0 unspecified atom stereocenters. The van der Waals surface area contributed by atoms with Gasteiger partial charge >= 0.3 is 0 Å². The molecule has 4 N–H and O–H groups in total. The molecule has 3 saturated heterocycles. The van der Waals surface area contributed by atoms with Crippen molar-refractivity contribution in [3.8, 4) is 28.5 Å². The number of ether oxygens (including phenoxy) is 3. The van der Waals surface area contributed by atoms with Gasteiger partial charge < -0.3 is 44.6 Å². The average molecular weight is 857 g/mol. The summed E-state index contributed by atoms with van der Waals surface area (Å²) in [6.45, 7) is 13.6. The highest BCUT2D eigenvalue weighted by Gasteiger charge is 2.45. The highest BCUT2D eigenvalue weighted by Crippen LogP contribution is 2.46. The Labute approximate surface area is 354 Å². The predicted molar refractivity (Wildman–Crippen MR) is 226 cm³/mol. The molecule has 6 aromatic rings. The van der Waals surface area contributed by atoms with Crippen molar-refractivity contribution >= 4 is 57.2 Å². The number of nitrogens with two attached hydrogens (primary N) is 2. The molecule has 5 aliphatic heterocycles. The van der Waals surface area contributed by atoms with Gasteiger partial charge in [0.2, 0.25) is 0 Å². The monoisotopic (exact) mass is 856 g/mol. The van der Waals surface area contributed by atoms with Crippen molar-refractivity contribution in [1.29, 1.82) is 0 Å². The van der Waals surface area contributed by atoms with Gasteiger partial charge in [-0.05, 0) is 65.5 Å². The topological polar surface area (TPSA) is 199 Å². The Morgan fingerprint density at radius 3 is 1.90 bits per heavy atom. The van der Waals surface area contributed by atoms with Crippen molar-refractivity contribution in [2.24, 2.45) is 5.92 Å². The first-order valence-electron chi connectivity index (χ1n) is 20.6. The first-order valence-corrected chi connectivity index (χ1v) is 21.0. The Kier molecular flexibility index (Phi) is 9.26. The molecule has 1 saturated carbocycles. The third kappa shape index (κ3) is 6.80. The summed E-state index contributed by atoms with van der Waals surface area (Å²) in [4.78, 5) is 41.4. The number of alkyl halides is 2. The summed E-state index contributed by atoms with van der Waals surface area (Å²) in [5, 5.41) is 0.273. The highest BCUT2D eigenvalue weighted by atomic mass is 35.5. The minimum atomic E-state index is -2.77. The molecule has 12 rings (SSSR count). The second-order valence-corrected chi connectivity index (χ2v) is 17.7. The van der Waals surface area contributed by atoms with E-state index in [0.717, 1.165) is 47.4 Å². The molecule has 61 heavy (non-hydrogen) atoms. The van der Waals surface area contributed by atoms with E-state index in [2.05, 4.69) is 38.3 Å². The fourth-order valence-corrected chi connectivity index (χ4v) is 9.20. The first kappa shape index (κ1) is 39.6. The van der Waals surface area contributed by atoms with Crippen molar-refractivity contribution < 1.29 is 23.0 Å². The van der Waals surface area contributed by atoms with Gasteiger partial charge in [-0.3, -0.25) is 0 Å². The van der Waals surface area contributed by atoms with Crippen molar-refractivity contribution in [2.75, 3.05) is 60.7 Å². The Bertz CT molecular complexity index is 2720. The van der Waals surface area contributed by atoms with E-state index in [-0.39, 0.29) is 23.8 Å². The maximum atomic E-state index is 14.0. The molecule has 4 fully saturated rings. The minimum Gasteiger partial charge on any atom is -0.490 e. The van der Waals surface area contributed by atoms with Gasteiger partial charge in [-0.1, -0.05) is 11.6 Å². The van der Waals surface area contributed by atoms with E-state index in [0.29, 0.717) is 84.0 Å². The van der Waals surface area contributed by atoms with Gasteiger partial charge in [-0.15, -0.1) is 0 Å². The molecular formula is C41H47ClF2N14O3. The fourth-order valence-electron chi connectivity index (χ4n) is 9.03. The summed E-state index contributed by atoms with van der Waals surface area (Å²) >= 11 is 6.13. The number of anilines is 4. The van der Waals surface area contributed by atoms with E-state index in [9.17, 15) is 8.78 Å². The lowest BCUT2D eigenvalue weighted by Crippen LogP contribution is -2.33. The van der Waals surface area contributed by atoms with Crippen LogP contribution in [0.4, 0.5) is 32.1 Å². The van der Waals surface area contributed by atoms with Gasteiger partial charge in [-0.25, -0.2) is 48.7 Å². The van der Waals surface area contributed by atoms with Gasteiger partial charge in [0.25, 0.3) is 5.92 Å².